The van der Waals surface area contributed by atoms with Crippen LogP contribution in [0.2, 0.25) is 0 Å². The molecule has 0 radical (unpaired) electrons. The van der Waals surface area contributed by atoms with Crippen LogP contribution < -0.4 is 5.73 Å². The van der Waals surface area contributed by atoms with Crippen molar-refractivity contribution in [1.29, 1.82) is 0 Å². The molecule has 0 fully saturated rings. The van der Waals surface area contributed by atoms with Gasteiger partial charge in [0.15, 0.2) is 0 Å². The second-order valence-corrected chi connectivity index (χ2v) is 2.76. The largest absolute Gasteiger partial charge is 0.327 e. The molecule has 56 valence electrons. The van der Waals surface area contributed by atoms with Gasteiger partial charge in [0, 0.05) is 18.9 Å². The molecule has 1 heterocycles. The van der Waals surface area contributed by atoms with Crippen molar-refractivity contribution in [2.75, 3.05) is 6.54 Å². The summed E-state index contributed by atoms with van der Waals surface area (Å²) < 4.78 is 0. The first-order valence-electron chi connectivity index (χ1n) is 3.72. The lowest BCUT2D eigenvalue weighted by Gasteiger charge is -1.95. The number of nitrogens with zero attached hydrogens (tertiary/aromatic N) is 1. The number of rotatable bonds is 1. The monoisotopic (exact) mass is 146 g/mol. The summed E-state index contributed by atoms with van der Waals surface area (Å²) in [6.07, 6.45) is 6.85. The maximum atomic E-state index is 5.52. The predicted molar refractivity (Wildman–Crippen MR) is 45.0 cm³/mol. The van der Waals surface area contributed by atoms with Crippen molar-refractivity contribution < 1.29 is 0 Å². The standard InChI is InChI=1S/C9H10N2/c10-5-7-3-8-1-2-11-6-9(8)4-7/h1-2,4,6H,3,5,10H2. The fourth-order valence-electron chi connectivity index (χ4n) is 1.37. The molecule has 0 unspecified atom stereocenters. The Labute approximate surface area is 65.8 Å². The molecule has 0 aliphatic heterocycles. The second kappa shape index (κ2) is 2.47. The fourth-order valence-corrected chi connectivity index (χ4v) is 1.37. The van der Waals surface area contributed by atoms with Crippen LogP contribution in [-0.4, -0.2) is 11.5 Å². The van der Waals surface area contributed by atoms with Gasteiger partial charge < -0.3 is 5.73 Å². The van der Waals surface area contributed by atoms with Crippen molar-refractivity contribution in [2.45, 2.75) is 6.42 Å². The molecule has 0 spiro atoms. The summed E-state index contributed by atoms with van der Waals surface area (Å²) in [6.45, 7) is 0.661. The molecule has 1 aromatic heterocycles. The summed E-state index contributed by atoms with van der Waals surface area (Å²) >= 11 is 0. The molecule has 2 heteroatoms. The van der Waals surface area contributed by atoms with E-state index in [4.69, 9.17) is 5.73 Å². The van der Waals surface area contributed by atoms with Gasteiger partial charge >= 0.3 is 0 Å². The zero-order valence-corrected chi connectivity index (χ0v) is 6.25. The zero-order valence-electron chi connectivity index (χ0n) is 6.25. The van der Waals surface area contributed by atoms with Crippen molar-refractivity contribution in [1.82, 2.24) is 4.98 Å². The van der Waals surface area contributed by atoms with Crippen LogP contribution in [0.4, 0.5) is 0 Å². The summed E-state index contributed by atoms with van der Waals surface area (Å²) in [5.74, 6) is 0. The third-order valence-electron chi connectivity index (χ3n) is 1.99. The lowest BCUT2D eigenvalue weighted by Crippen LogP contribution is -2.01. The Morgan fingerprint density at radius 3 is 3.18 bits per heavy atom. The van der Waals surface area contributed by atoms with E-state index in [1.165, 1.54) is 16.7 Å². The van der Waals surface area contributed by atoms with Crippen LogP contribution in [0, 0.1) is 0 Å². The van der Waals surface area contributed by atoms with Crippen LogP contribution in [0.15, 0.2) is 24.0 Å². The highest BCUT2D eigenvalue weighted by atomic mass is 14.6. The number of nitrogens with two attached hydrogens (primary N) is 1. The van der Waals surface area contributed by atoms with E-state index in [2.05, 4.69) is 17.1 Å². The van der Waals surface area contributed by atoms with Gasteiger partial charge in [-0.1, -0.05) is 11.6 Å². The van der Waals surface area contributed by atoms with Gasteiger partial charge in [-0.15, -0.1) is 0 Å². The van der Waals surface area contributed by atoms with Crippen molar-refractivity contribution in [3.05, 3.63) is 35.2 Å². The van der Waals surface area contributed by atoms with E-state index in [0.717, 1.165) is 6.42 Å². The van der Waals surface area contributed by atoms with Crippen molar-refractivity contribution in [3.63, 3.8) is 0 Å². The Kier molecular flexibility index (Phi) is 1.47. The van der Waals surface area contributed by atoms with Gasteiger partial charge in [0.05, 0.1) is 0 Å². The summed E-state index contributed by atoms with van der Waals surface area (Å²) in [5.41, 5.74) is 9.40. The minimum atomic E-state index is 0.661. The molecule has 0 saturated carbocycles. The van der Waals surface area contributed by atoms with E-state index in [1.54, 1.807) is 0 Å². The van der Waals surface area contributed by atoms with Crippen LogP contribution in [0.5, 0.6) is 0 Å². The molecule has 0 aromatic carbocycles. The first-order chi connectivity index (χ1) is 5.40. The molecule has 11 heavy (non-hydrogen) atoms. The average Bonchev–Trinajstić information content (AvgIpc) is 2.46. The quantitative estimate of drug-likeness (QED) is 0.641. The smallest absolute Gasteiger partial charge is 0.0343 e. The normalized spacial score (nSPS) is 14.5. The first kappa shape index (κ1) is 6.55. The van der Waals surface area contributed by atoms with Crippen LogP contribution in [0.3, 0.4) is 0 Å². The van der Waals surface area contributed by atoms with Crippen LogP contribution in [0.1, 0.15) is 11.1 Å². The molecule has 1 aliphatic carbocycles. The maximum absolute atomic E-state index is 5.52. The van der Waals surface area contributed by atoms with Crippen LogP contribution in [0.25, 0.3) is 6.08 Å². The van der Waals surface area contributed by atoms with Gasteiger partial charge in [-0.2, -0.15) is 0 Å². The number of pyridine rings is 1. The lowest BCUT2D eigenvalue weighted by atomic mass is 10.1. The molecule has 2 rings (SSSR count). The summed E-state index contributed by atoms with van der Waals surface area (Å²) in [5, 5.41) is 0. The van der Waals surface area contributed by atoms with Gasteiger partial charge in [0.25, 0.3) is 0 Å². The summed E-state index contributed by atoms with van der Waals surface area (Å²) in [6, 6.07) is 2.05. The lowest BCUT2D eigenvalue weighted by molar-refractivity contribution is 1.07. The van der Waals surface area contributed by atoms with Crippen LogP contribution in [-0.2, 0) is 6.42 Å². The van der Waals surface area contributed by atoms with E-state index in [0.29, 0.717) is 6.54 Å². The van der Waals surface area contributed by atoms with Gasteiger partial charge in [0.1, 0.15) is 0 Å². The molecule has 0 amide bonds. The molecule has 0 bridgehead atoms. The first-order valence-corrected chi connectivity index (χ1v) is 3.72. The molecule has 0 atom stereocenters. The number of hydrogen-bond donors (Lipinski definition) is 1. The van der Waals surface area contributed by atoms with Gasteiger partial charge in [-0.05, 0) is 23.6 Å². The predicted octanol–water partition coefficient (Wildman–Crippen LogP) is 0.980. The highest BCUT2D eigenvalue weighted by molar-refractivity contribution is 5.62. The molecule has 2 nitrogen and oxygen atoms in total. The van der Waals surface area contributed by atoms with Crippen LogP contribution >= 0.6 is 0 Å². The number of fused-ring (bicyclic) bond motifs is 1. The third kappa shape index (κ3) is 1.05. The Bertz CT molecular complexity index is 302. The minimum absolute atomic E-state index is 0.661. The number of aromatic nitrogens is 1. The van der Waals surface area contributed by atoms with E-state index in [9.17, 15) is 0 Å². The summed E-state index contributed by atoms with van der Waals surface area (Å²) in [4.78, 5) is 4.04. The molecule has 0 saturated heterocycles. The third-order valence-corrected chi connectivity index (χ3v) is 1.99. The van der Waals surface area contributed by atoms with E-state index in [1.807, 2.05) is 12.4 Å². The Morgan fingerprint density at radius 2 is 2.45 bits per heavy atom. The molecule has 1 aliphatic rings. The molecular weight excluding hydrogens is 136 g/mol. The van der Waals surface area contributed by atoms with E-state index in [-0.39, 0.29) is 0 Å². The van der Waals surface area contributed by atoms with Crippen molar-refractivity contribution in [3.8, 4) is 0 Å². The summed E-state index contributed by atoms with van der Waals surface area (Å²) in [7, 11) is 0. The van der Waals surface area contributed by atoms with Gasteiger partial charge in [-0.25, -0.2) is 0 Å². The molecular formula is C9H10N2. The van der Waals surface area contributed by atoms with Crippen molar-refractivity contribution in [2.24, 2.45) is 5.73 Å². The van der Waals surface area contributed by atoms with E-state index >= 15 is 0 Å². The fraction of sp³-hybridized carbons (Fsp3) is 0.222. The van der Waals surface area contributed by atoms with Gasteiger partial charge in [0.2, 0.25) is 0 Å². The van der Waals surface area contributed by atoms with Gasteiger partial charge in [-0.3, -0.25) is 4.98 Å². The maximum Gasteiger partial charge on any atom is 0.0343 e. The second-order valence-electron chi connectivity index (χ2n) is 2.76. The number of hydrogen-bond acceptors (Lipinski definition) is 2. The average molecular weight is 146 g/mol. The Hall–Kier alpha value is -1.15. The van der Waals surface area contributed by atoms with Crippen molar-refractivity contribution >= 4 is 6.08 Å². The molecule has 1 aromatic rings. The Morgan fingerprint density at radius 1 is 1.55 bits per heavy atom. The SMILES string of the molecule is NCC1=Cc2cnccc2C1. The Balaban J connectivity index is 2.39. The molecule has 2 N–H and O–H groups in total. The minimum Gasteiger partial charge on any atom is -0.327 e. The van der Waals surface area contributed by atoms with E-state index < -0.39 is 0 Å². The highest BCUT2D eigenvalue weighted by Crippen LogP contribution is 2.22. The highest BCUT2D eigenvalue weighted by Gasteiger charge is 2.09. The zero-order chi connectivity index (χ0) is 7.68. The topological polar surface area (TPSA) is 38.9 Å².